The summed E-state index contributed by atoms with van der Waals surface area (Å²) in [5.74, 6) is -1.04. The molecule has 1 fully saturated rings. The van der Waals surface area contributed by atoms with Crippen molar-refractivity contribution in [1.29, 1.82) is 0 Å². The second kappa shape index (κ2) is 37.4. The first kappa shape index (κ1) is 53.4. The zero-order valence-electron chi connectivity index (χ0n) is 35.7. The number of aliphatic hydroxyl groups is 2. The van der Waals surface area contributed by atoms with E-state index in [0.29, 0.717) is 25.0 Å². The number of phosphoric ester groups is 1. The van der Waals surface area contributed by atoms with Crippen molar-refractivity contribution in [3.8, 4) is 0 Å². The van der Waals surface area contributed by atoms with Crippen LogP contribution in [-0.4, -0.2) is 77.9 Å². The number of carbonyl (C=O) groups is 2. The minimum atomic E-state index is -4.65. The lowest BCUT2D eigenvalue weighted by Crippen LogP contribution is -2.29. The monoisotopic (exact) mass is 837 g/mol. The summed E-state index contributed by atoms with van der Waals surface area (Å²) in [5, 5.41) is 18.3. The fourth-order valence-electron chi connectivity index (χ4n) is 5.79. The van der Waals surface area contributed by atoms with Crippen LogP contribution < -0.4 is 0 Å². The first-order valence-corrected chi connectivity index (χ1v) is 23.5. The number of phosphoric acid groups is 1. The lowest BCUT2D eigenvalue weighted by Gasteiger charge is -2.20. The molecule has 0 radical (unpaired) electrons. The van der Waals surface area contributed by atoms with Crippen molar-refractivity contribution in [2.45, 2.75) is 180 Å². The third-order valence-corrected chi connectivity index (χ3v) is 10.3. The fourth-order valence-corrected chi connectivity index (χ4v) is 6.58. The summed E-state index contributed by atoms with van der Waals surface area (Å²) in [6.45, 7) is 2.17. The Hall–Kier alpha value is -2.63. The van der Waals surface area contributed by atoms with Gasteiger partial charge < -0.3 is 29.3 Å². The lowest BCUT2D eigenvalue weighted by atomic mass is 10.1. The molecule has 1 saturated heterocycles. The number of hydrogen-bond acceptors (Lipinski definition) is 10. The number of rotatable bonds is 39. The van der Waals surface area contributed by atoms with Crippen molar-refractivity contribution in [3.05, 3.63) is 72.9 Å². The second-order valence-electron chi connectivity index (χ2n) is 14.7. The normalized spacial score (nSPS) is 18.0. The van der Waals surface area contributed by atoms with Gasteiger partial charge in [-0.2, -0.15) is 0 Å². The van der Waals surface area contributed by atoms with Crippen LogP contribution in [0.25, 0.3) is 0 Å². The molecule has 12 heteroatoms. The molecule has 0 bridgehead atoms. The van der Waals surface area contributed by atoms with Gasteiger partial charge in [0.05, 0.1) is 32.0 Å². The Bertz CT molecular complexity index is 1260. The van der Waals surface area contributed by atoms with E-state index in [0.717, 1.165) is 77.0 Å². The van der Waals surface area contributed by atoms with Crippen LogP contribution in [0.4, 0.5) is 0 Å². The predicted molar refractivity (Wildman–Crippen MR) is 232 cm³/mol. The van der Waals surface area contributed by atoms with Gasteiger partial charge in [-0.1, -0.05) is 138 Å². The fraction of sp³-hybridized carbons (Fsp3) is 0.696. The van der Waals surface area contributed by atoms with Gasteiger partial charge in [0, 0.05) is 12.8 Å². The molecule has 0 spiro atoms. The third-order valence-electron chi connectivity index (χ3n) is 9.33. The molecule has 1 rings (SSSR count). The van der Waals surface area contributed by atoms with Gasteiger partial charge in [0.2, 0.25) is 0 Å². The minimum Gasteiger partial charge on any atom is -0.462 e. The Morgan fingerprint density at radius 2 is 1.14 bits per heavy atom. The Labute approximate surface area is 350 Å². The number of carbonyl (C=O) groups excluding carboxylic acids is 2. The lowest BCUT2D eigenvalue weighted by molar-refractivity contribution is -0.161. The molecule has 0 aliphatic carbocycles. The predicted octanol–water partition coefficient (Wildman–Crippen LogP) is 10.7. The number of ether oxygens (including phenoxy) is 3. The topological polar surface area (TPSA) is 161 Å². The molecule has 1 aliphatic rings. The molecule has 1 heterocycles. The van der Waals surface area contributed by atoms with E-state index in [1.165, 1.54) is 38.5 Å². The highest BCUT2D eigenvalue weighted by atomic mass is 31.2. The van der Waals surface area contributed by atoms with Crippen molar-refractivity contribution in [2.75, 3.05) is 26.4 Å². The van der Waals surface area contributed by atoms with Gasteiger partial charge in [-0.15, -0.1) is 0 Å². The van der Waals surface area contributed by atoms with E-state index in [-0.39, 0.29) is 19.4 Å². The summed E-state index contributed by atoms with van der Waals surface area (Å²) >= 11 is 0. The van der Waals surface area contributed by atoms with Gasteiger partial charge in [0.25, 0.3) is 0 Å². The van der Waals surface area contributed by atoms with E-state index in [4.69, 9.17) is 23.8 Å². The molecule has 11 nitrogen and oxygen atoms in total. The molecule has 58 heavy (non-hydrogen) atoms. The van der Waals surface area contributed by atoms with Crippen LogP contribution >= 0.6 is 7.82 Å². The molecule has 0 saturated carbocycles. The summed E-state index contributed by atoms with van der Waals surface area (Å²) < 4.78 is 38.1. The number of aliphatic hydroxyl groups excluding tert-OH is 2. The van der Waals surface area contributed by atoms with Gasteiger partial charge in [-0.3, -0.25) is 18.6 Å². The summed E-state index contributed by atoms with van der Waals surface area (Å²) in [6.07, 6.45) is 45.0. The summed E-state index contributed by atoms with van der Waals surface area (Å²) in [6, 6.07) is 0. The largest absolute Gasteiger partial charge is 0.472 e. The highest BCUT2D eigenvalue weighted by Crippen LogP contribution is 2.43. The van der Waals surface area contributed by atoms with Crippen molar-refractivity contribution in [3.63, 3.8) is 0 Å². The van der Waals surface area contributed by atoms with E-state index in [9.17, 15) is 24.2 Å². The van der Waals surface area contributed by atoms with Gasteiger partial charge in [-0.05, 0) is 77.0 Å². The molecule has 0 amide bonds. The van der Waals surface area contributed by atoms with Crippen LogP contribution in [0, 0.1) is 0 Å². The third kappa shape index (κ3) is 34.3. The van der Waals surface area contributed by atoms with Crippen LogP contribution in [0.1, 0.15) is 155 Å². The van der Waals surface area contributed by atoms with E-state index < -0.39 is 51.8 Å². The van der Waals surface area contributed by atoms with Crippen LogP contribution in [0.3, 0.4) is 0 Å². The molecule has 5 atom stereocenters. The average Bonchev–Trinajstić information content (AvgIpc) is 3.99. The van der Waals surface area contributed by atoms with Crippen LogP contribution in [0.5, 0.6) is 0 Å². The molecule has 0 aromatic heterocycles. The summed E-state index contributed by atoms with van der Waals surface area (Å²) in [5.41, 5.74) is 0. The van der Waals surface area contributed by atoms with E-state index in [1.807, 2.05) is 12.2 Å². The van der Waals surface area contributed by atoms with Crippen molar-refractivity contribution in [1.82, 2.24) is 0 Å². The average molecular weight is 837 g/mol. The van der Waals surface area contributed by atoms with Gasteiger partial charge >= 0.3 is 19.8 Å². The zero-order chi connectivity index (χ0) is 42.4. The van der Waals surface area contributed by atoms with Crippen molar-refractivity contribution in [2.24, 2.45) is 0 Å². The Morgan fingerprint density at radius 1 is 0.621 bits per heavy atom. The molecule has 1 aliphatic heterocycles. The standard InChI is InChI=1S/C46H77O11P/c1-3-5-6-7-8-9-10-11-13-17-20-23-26-29-32-35-45(49)53-39-42(40-55-58(51,52)54-38-41(48)37-47)56-46(50)36-33-30-27-24-21-18-15-12-14-16-19-22-25-28-31-34-44-43(4-2)57-44/h11-14,18-19,21-22,27-28,30-31,41-44,47-48H,3-10,15-17,20,23-26,29,32-40H2,1-2H3,(H,51,52). The van der Waals surface area contributed by atoms with Gasteiger partial charge in [-0.25, -0.2) is 4.57 Å². The first-order chi connectivity index (χ1) is 28.2. The summed E-state index contributed by atoms with van der Waals surface area (Å²) in [7, 11) is -4.65. The van der Waals surface area contributed by atoms with E-state index in [1.54, 1.807) is 0 Å². The smallest absolute Gasteiger partial charge is 0.462 e. The molecule has 0 aromatic rings. The molecule has 0 aromatic carbocycles. The van der Waals surface area contributed by atoms with E-state index >= 15 is 0 Å². The van der Waals surface area contributed by atoms with Crippen LogP contribution in [0.2, 0.25) is 0 Å². The number of allylic oxidation sites excluding steroid dienone is 11. The number of unbranched alkanes of at least 4 members (excludes halogenated alkanes) is 11. The molecule has 332 valence electrons. The zero-order valence-corrected chi connectivity index (χ0v) is 36.6. The number of esters is 2. The Kier molecular flexibility index (Phi) is 34.4. The van der Waals surface area contributed by atoms with Gasteiger partial charge in [0.1, 0.15) is 12.7 Å². The van der Waals surface area contributed by atoms with Crippen molar-refractivity contribution >= 4 is 19.8 Å². The quantitative estimate of drug-likeness (QED) is 0.0178. The van der Waals surface area contributed by atoms with E-state index in [2.05, 4.69) is 79.1 Å². The molecule has 3 N–H and O–H groups in total. The van der Waals surface area contributed by atoms with Gasteiger partial charge in [0.15, 0.2) is 6.10 Å². The number of hydrogen-bond donors (Lipinski definition) is 3. The Balaban J connectivity index is 2.30. The maximum Gasteiger partial charge on any atom is 0.472 e. The number of epoxide rings is 1. The molecular weight excluding hydrogens is 759 g/mol. The van der Waals surface area contributed by atoms with Crippen molar-refractivity contribution < 1.29 is 52.5 Å². The maximum atomic E-state index is 12.6. The highest BCUT2D eigenvalue weighted by molar-refractivity contribution is 7.47. The van der Waals surface area contributed by atoms with Crippen LogP contribution in [-0.2, 0) is 37.4 Å². The summed E-state index contributed by atoms with van der Waals surface area (Å²) in [4.78, 5) is 35.0. The van der Waals surface area contributed by atoms with Crippen LogP contribution in [0.15, 0.2) is 72.9 Å². The first-order valence-electron chi connectivity index (χ1n) is 22.0. The maximum absolute atomic E-state index is 12.6. The molecular formula is C46H77O11P. The Morgan fingerprint density at radius 3 is 1.71 bits per heavy atom. The SMILES string of the molecule is CCCCCCCCC=CCCCCCCCC(=O)OCC(COP(=O)(O)OCC(O)CO)OC(=O)CCC=CCC=CCC=CCC=CCC=CCC1OC1CC. The molecule has 5 unspecified atom stereocenters. The highest BCUT2D eigenvalue weighted by Gasteiger charge is 2.35. The minimum absolute atomic E-state index is 0.0514. The second-order valence-corrected chi connectivity index (χ2v) is 16.2.